The molecule has 1 saturated heterocycles. The molecule has 7 nitrogen and oxygen atoms in total. The van der Waals surface area contributed by atoms with Gasteiger partial charge in [0.2, 0.25) is 5.91 Å². The number of nitrogens with one attached hydrogen (secondary N) is 1. The van der Waals surface area contributed by atoms with Gasteiger partial charge in [-0.1, -0.05) is 13.8 Å². The Balaban J connectivity index is 2.50. The summed E-state index contributed by atoms with van der Waals surface area (Å²) in [6, 6.07) is -0.529. The molecule has 2 atom stereocenters. The number of rotatable bonds is 5. The maximum Gasteiger partial charge on any atom is 0.324 e. The largest absolute Gasteiger partial charge is 0.481 e. The molecule has 120 valence electrons. The first kappa shape index (κ1) is 17.4. The number of urea groups is 1. The molecular formula is C14H24N2O5. The fourth-order valence-electron chi connectivity index (χ4n) is 2.54. The zero-order valence-corrected chi connectivity index (χ0v) is 13.0. The molecule has 0 aromatic carbocycles. The van der Waals surface area contributed by atoms with Crippen LogP contribution in [0.4, 0.5) is 4.79 Å². The molecule has 0 aliphatic carbocycles. The highest BCUT2D eigenvalue weighted by atomic mass is 16.5. The van der Waals surface area contributed by atoms with E-state index in [4.69, 9.17) is 9.84 Å². The summed E-state index contributed by atoms with van der Waals surface area (Å²) in [6.45, 7) is 5.85. The van der Waals surface area contributed by atoms with Crippen molar-refractivity contribution < 1.29 is 24.2 Å². The Bertz CT molecular complexity index is 422. The number of likely N-dealkylation sites (N-methyl/N-ethyl adjacent to an activating group) is 1. The molecule has 0 spiro atoms. The number of imide groups is 1. The average Bonchev–Trinajstić information content (AvgIpc) is 2.71. The maximum absolute atomic E-state index is 12.0. The van der Waals surface area contributed by atoms with Gasteiger partial charge in [-0.2, -0.15) is 0 Å². The quantitative estimate of drug-likeness (QED) is 0.796. The number of carbonyl (C=O) groups is 3. The van der Waals surface area contributed by atoms with Crippen LogP contribution in [0.1, 0.15) is 40.0 Å². The van der Waals surface area contributed by atoms with Crippen molar-refractivity contribution in [1.82, 2.24) is 10.2 Å². The summed E-state index contributed by atoms with van der Waals surface area (Å²) in [5.41, 5.74) is -0.696. The van der Waals surface area contributed by atoms with Crippen LogP contribution >= 0.6 is 0 Å². The predicted molar refractivity (Wildman–Crippen MR) is 75.8 cm³/mol. The Morgan fingerprint density at radius 2 is 1.95 bits per heavy atom. The highest BCUT2D eigenvalue weighted by Crippen LogP contribution is 2.25. The molecule has 2 N–H and O–H groups in total. The van der Waals surface area contributed by atoms with E-state index in [1.54, 1.807) is 20.9 Å². The van der Waals surface area contributed by atoms with Crippen molar-refractivity contribution in [3.05, 3.63) is 0 Å². The predicted octanol–water partition coefficient (Wildman–Crippen LogP) is 1.22. The van der Waals surface area contributed by atoms with Gasteiger partial charge in [-0.3, -0.25) is 14.9 Å². The number of carbonyl (C=O) groups excluding carboxylic acids is 2. The lowest BCUT2D eigenvalue weighted by Gasteiger charge is -2.27. The summed E-state index contributed by atoms with van der Waals surface area (Å²) >= 11 is 0. The first-order chi connectivity index (χ1) is 9.62. The van der Waals surface area contributed by atoms with E-state index in [0.29, 0.717) is 6.61 Å². The summed E-state index contributed by atoms with van der Waals surface area (Å²) < 4.78 is 5.39. The van der Waals surface area contributed by atoms with E-state index < -0.39 is 23.3 Å². The van der Waals surface area contributed by atoms with Crippen LogP contribution in [0.3, 0.4) is 0 Å². The van der Waals surface area contributed by atoms with Gasteiger partial charge in [0.05, 0.1) is 18.6 Å². The van der Waals surface area contributed by atoms with Gasteiger partial charge in [0, 0.05) is 20.1 Å². The molecule has 1 fully saturated rings. The van der Waals surface area contributed by atoms with Crippen LogP contribution < -0.4 is 5.32 Å². The topological polar surface area (TPSA) is 95.9 Å². The third-order valence-corrected chi connectivity index (χ3v) is 3.67. The molecular weight excluding hydrogens is 276 g/mol. The Kier molecular flexibility index (Phi) is 5.71. The molecule has 21 heavy (non-hydrogen) atoms. The highest BCUT2D eigenvalue weighted by Gasteiger charge is 2.32. The molecule has 7 heteroatoms. The van der Waals surface area contributed by atoms with Crippen LogP contribution in [0.25, 0.3) is 0 Å². The van der Waals surface area contributed by atoms with Crippen LogP contribution in [0, 0.1) is 5.41 Å². The lowest BCUT2D eigenvalue weighted by Crippen LogP contribution is -2.48. The van der Waals surface area contributed by atoms with Crippen molar-refractivity contribution in [3.8, 4) is 0 Å². The van der Waals surface area contributed by atoms with Gasteiger partial charge in [0.15, 0.2) is 0 Å². The second kappa shape index (κ2) is 6.89. The SMILES string of the molecule is CC1OCCC1N(C)C(=O)NC(=O)CC(C)(C)CC(=O)O. The second-order valence-corrected chi connectivity index (χ2v) is 6.31. The van der Waals surface area contributed by atoms with Crippen molar-refractivity contribution in [2.24, 2.45) is 5.41 Å². The Morgan fingerprint density at radius 3 is 2.43 bits per heavy atom. The van der Waals surface area contributed by atoms with Crippen molar-refractivity contribution in [2.45, 2.75) is 52.2 Å². The summed E-state index contributed by atoms with van der Waals surface area (Å²) in [4.78, 5) is 36.1. The van der Waals surface area contributed by atoms with Gasteiger partial charge in [-0.05, 0) is 18.8 Å². The van der Waals surface area contributed by atoms with Crippen LogP contribution in [-0.2, 0) is 14.3 Å². The zero-order valence-electron chi connectivity index (χ0n) is 13.0. The minimum atomic E-state index is -0.965. The lowest BCUT2D eigenvalue weighted by atomic mass is 9.85. The summed E-state index contributed by atoms with van der Waals surface area (Å²) in [5.74, 6) is -1.43. The summed E-state index contributed by atoms with van der Waals surface area (Å²) in [7, 11) is 1.63. The molecule has 1 aliphatic heterocycles. The van der Waals surface area contributed by atoms with Gasteiger partial charge in [-0.15, -0.1) is 0 Å². The van der Waals surface area contributed by atoms with E-state index in [2.05, 4.69) is 5.32 Å². The Labute approximate surface area is 124 Å². The first-order valence-electron chi connectivity index (χ1n) is 7.02. The molecule has 0 bridgehead atoms. The smallest absolute Gasteiger partial charge is 0.324 e. The fraction of sp³-hybridized carbons (Fsp3) is 0.786. The Hall–Kier alpha value is -1.63. The number of ether oxygens (including phenoxy) is 1. The zero-order chi connectivity index (χ0) is 16.2. The number of hydrogen-bond acceptors (Lipinski definition) is 4. The van der Waals surface area contributed by atoms with Crippen LogP contribution in [0.2, 0.25) is 0 Å². The molecule has 1 heterocycles. The average molecular weight is 300 g/mol. The van der Waals surface area contributed by atoms with E-state index in [9.17, 15) is 14.4 Å². The molecule has 3 amide bonds. The van der Waals surface area contributed by atoms with Crippen molar-refractivity contribution in [2.75, 3.05) is 13.7 Å². The first-order valence-corrected chi connectivity index (χ1v) is 7.02. The normalized spacial score (nSPS) is 21.9. The van der Waals surface area contributed by atoms with Gasteiger partial charge >= 0.3 is 12.0 Å². The molecule has 0 aromatic heterocycles. The molecule has 0 saturated carbocycles. The van der Waals surface area contributed by atoms with Gasteiger partial charge in [-0.25, -0.2) is 4.79 Å². The number of carboxylic acid groups (broad SMARTS) is 1. The van der Waals surface area contributed by atoms with Crippen LogP contribution in [0.5, 0.6) is 0 Å². The minimum absolute atomic E-state index is 0.0183. The standard InChI is InChI=1S/C14H24N2O5/c1-9-10(5-6-21-9)16(4)13(20)15-11(17)7-14(2,3)8-12(18)19/h9-10H,5-8H2,1-4H3,(H,18,19)(H,15,17,20). The third kappa shape index (κ3) is 5.34. The molecule has 2 unspecified atom stereocenters. The second-order valence-electron chi connectivity index (χ2n) is 6.31. The van der Waals surface area contributed by atoms with Crippen molar-refractivity contribution >= 4 is 17.9 Å². The summed E-state index contributed by atoms with van der Waals surface area (Å²) in [6.07, 6.45) is 0.538. The van der Waals surface area contributed by atoms with Crippen molar-refractivity contribution in [3.63, 3.8) is 0 Å². The van der Waals surface area contributed by atoms with Gasteiger partial charge < -0.3 is 14.7 Å². The number of nitrogens with zero attached hydrogens (tertiary/aromatic N) is 1. The number of hydrogen-bond donors (Lipinski definition) is 2. The van der Waals surface area contributed by atoms with Gasteiger partial charge in [0.25, 0.3) is 0 Å². The van der Waals surface area contributed by atoms with Gasteiger partial charge in [0.1, 0.15) is 0 Å². The molecule has 0 aromatic rings. The van der Waals surface area contributed by atoms with Crippen LogP contribution in [0.15, 0.2) is 0 Å². The number of carboxylic acids is 1. The highest BCUT2D eigenvalue weighted by molar-refractivity contribution is 5.94. The maximum atomic E-state index is 12.0. The van der Waals surface area contributed by atoms with E-state index in [0.717, 1.165) is 6.42 Å². The van der Waals surface area contributed by atoms with Crippen LogP contribution in [-0.4, -0.2) is 53.7 Å². The van der Waals surface area contributed by atoms with E-state index in [1.807, 2.05) is 6.92 Å². The Morgan fingerprint density at radius 1 is 1.33 bits per heavy atom. The van der Waals surface area contributed by atoms with E-state index >= 15 is 0 Å². The van der Waals surface area contributed by atoms with Crippen molar-refractivity contribution in [1.29, 1.82) is 0 Å². The third-order valence-electron chi connectivity index (χ3n) is 3.67. The summed E-state index contributed by atoms with van der Waals surface area (Å²) in [5, 5.41) is 11.1. The molecule has 0 radical (unpaired) electrons. The lowest BCUT2D eigenvalue weighted by molar-refractivity contribution is -0.139. The fourth-order valence-corrected chi connectivity index (χ4v) is 2.54. The minimum Gasteiger partial charge on any atom is -0.481 e. The van der Waals surface area contributed by atoms with E-state index in [1.165, 1.54) is 4.90 Å². The monoisotopic (exact) mass is 300 g/mol. The van der Waals surface area contributed by atoms with E-state index in [-0.39, 0.29) is 25.0 Å². The number of aliphatic carboxylic acids is 1. The molecule has 1 aliphatic rings. The molecule has 1 rings (SSSR count). The number of amides is 3.